The maximum Gasteiger partial charge on any atom is 0.194 e. The number of halogens is 1. The van der Waals surface area contributed by atoms with Crippen molar-refractivity contribution in [2.75, 3.05) is 27.7 Å². The summed E-state index contributed by atoms with van der Waals surface area (Å²) in [5.74, 6) is 0.934. The number of aryl methyl sites for hydroxylation is 1. The van der Waals surface area contributed by atoms with Gasteiger partial charge in [0.25, 0.3) is 0 Å². The minimum atomic E-state index is 0. The summed E-state index contributed by atoms with van der Waals surface area (Å²) < 4.78 is 2.15. The fourth-order valence-corrected chi connectivity index (χ4v) is 2.82. The Labute approximate surface area is 175 Å². The van der Waals surface area contributed by atoms with Gasteiger partial charge in [0.2, 0.25) is 0 Å². The minimum Gasteiger partial charge on any atom is -0.357 e. The first-order valence-electron chi connectivity index (χ1n) is 8.82. The number of hydrogen-bond donors (Lipinski definition) is 1. The van der Waals surface area contributed by atoms with Gasteiger partial charge in [0.05, 0.1) is 13.1 Å². The highest BCUT2D eigenvalue weighted by atomic mass is 127. The number of aliphatic imine (C=N–C) groups is 1. The van der Waals surface area contributed by atoms with Crippen molar-refractivity contribution in [2.24, 2.45) is 12.0 Å². The molecule has 0 atom stereocenters. The lowest BCUT2D eigenvalue weighted by atomic mass is 10.1. The summed E-state index contributed by atoms with van der Waals surface area (Å²) in [5, 5.41) is 3.40. The van der Waals surface area contributed by atoms with Crippen LogP contribution in [-0.4, -0.2) is 48.0 Å². The van der Waals surface area contributed by atoms with Gasteiger partial charge in [-0.1, -0.05) is 24.3 Å². The van der Waals surface area contributed by atoms with Crippen molar-refractivity contribution >= 4 is 29.9 Å². The Morgan fingerprint density at radius 1 is 1.04 bits per heavy atom. The Bertz CT molecular complexity index is 693. The van der Waals surface area contributed by atoms with E-state index in [1.165, 1.54) is 16.8 Å². The maximum atomic E-state index is 4.87. The molecule has 0 saturated carbocycles. The van der Waals surface area contributed by atoms with Crippen molar-refractivity contribution in [3.63, 3.8) is 0 Å². The number of hydrogen-bond acceptors (Lipinski definition) is 2. The number of rotatable bonds is 7. The van der Waals surface area contributed by atoms with Crippen LogP contribution in [0.4, 0.5) is 0 Å². The Kier molecular flexibility index (Phi) is 9.72. The normalized spacial score (nSPS) is 11.4. The molecule has 0 bridgehead atoms. The third-order valence-corrected chi connectivity index (χ3v) is 4.15. The van der Waals surface area contributed by atoms with Crippen LogP contribution in [-0.2, 0) is 26.7 Å². The smallest absolute Gasteiger partial charge is 0.194 e. The summed E-state index contributed by atoms with van der Waals surface area (Å²) >= 11 is 0. The summed E-state index contributed by atoms with van der Waals surface area (Å²) in [7, 11) is 8.35. The molecule has 0 saturated heterocycles. The lowest BCUT2D eigenvalue weighted by Gasteiger charge is -2.22. The third kappa shape index (κ3) is 6.64. The number of nitrogens with one attached hydrogen (secondary N) is 1. The highest BCUT2D eigenvalue weighted by molar-refractivity contribution is 14.0. The molecule has 2 rings (SSSR count). The molecule has 0 spiro atoms. The summed E-state index contributed by atoms with van der Waals surface area (Å²) in [6.07, 6.45) is 2.07. The quantitative estimate of drug-likeness (QED) is 0.384. The fraction of sp³-hybridized carbons (Fsp3) is 0.450. The monoisotopic (exact) mass is 469 g/mol. The Morgan fingerprint density at radius 3 is 2.31 bits per heavy atom. The Morgan fingerprint density at radius 2 is 1.73 bits per heavy atom. The zero-order chi connectivity index (χ0) is 18.2. The van der Waals surface area contributed by atoms with Crippen LogP contribution in [0.3, 0.4) is 0 Å². The standard InChI is InChI=1S/C20H31N5.HI/c1-6-21-20(25(5)16-19-12-9-13-24(19)4)22-14-17-10-7-8-11-18(17)15-23(2)3;/h7-13H,6,14-16H2,1-5H3,(H,21,22);1H. The van der Waals surface area contributed by atoms with Crippen molar-refractivity contribution in [3.8, 4) is 0 Å². The molecule has 5 nitrogen and oxygen atoms in total. The van der Waals surface area contributed by atoms with E-state index in [-0.39, 0.29) is 24.0 Å². The molecule has 26 heavy (non-hydrogen) atoms. The number of guanidine groups is 1. The maximum absolute atomic E-state index is 4.87. The first-order valence-corrected chi connectivity index (χ1v) is 8.82. The number of benzene rings is 1. The second-order valence-corrected chi connectivity index (χ2v) is 6.64. The lowest BCUT2D eigenvalue weighted by molar-refractivity contribution is 0.401. The van der Waals surface area contributed by atoms with Crippen LogP contribution in [0.2, 0.25) is 0 Å². The van der Waals surface area contributed by atoms with E-state index >= 15 is 0 Å². The van der Waals surface area contributed by atoms with E-state index < -0.39 is 0 Å². The molecule has 1 aromatic carbocycles. The Balaban J connectivity index is 0.00000338. The van der Waals surface area contributed by atoms with Crippen molar-refractivity contribution in [3.05, 3.63) is 59.4 Å². The first kappa shape index (κ1) is 22.5. The molecule has 0 amide bonds. The molecular formula is C20H32IN5. The molecule has 0 aliphatic rings. The molecule has 2 aromatic rings. The van der Waals surface area contributed by atoms with Gasteiger partial charge in [-0.05, 0) is 44.3 Å². The molecule has 0 aliphatic heterocycles. The molecule has 6 heteroatoms. The zero-order valence-electron chi connectivity index (χ0n) is 16.6. The summed E-state index contributed by atoms with van der Waals surface area (Å²) in [6, 6.07) is 12.8. The largest absolute Gasteiger partial charge is 0.357 e. The van der Waals surface area contributed by atoms with E-state index in [2.05, 4.69) is 97.4 Å². The average Bonchev–Trinajstić information content (AvgIpc) is 2.97. The van der Waals surface area contributed by atoms with Gasteiger partial charge in [-0.2, -0.15) is 0 Å². The van der Waals surface area contributed by atoms with Gasteiger partial charge in [0.15, 0.2) is 5.96 Å². The van der Waals surface area contributed by atoms with Crippen LogP contribution in [0.1, 0.15) is 23.7 Å². The van der Waals surface area contributed by atoms with E-state index in [0.29, 0.717) is 6.54 Å². The van der Waals surface area contributed by atoms with E-state index in [9.17, 15) is 0 Å². The van der Waals surface area contributed by atoms with Gasteiger partial charge in [-0.15, -0.1) is 24.0 Å². The van der Waals surface area contributed by atoms with Crippen LogP contribution in [0.5, 0.6) is 0 Å². The van der Waals surface area contributed by atoms with Gasteiger partial charge in [0, 0.05) is 39.1 Å². The predicted octanol–water partition coefficient (Wildman–Crippen LogP) is 3.30. The molecule has 0 fully saturated rings. The van der Waals surface area contributed by atoms with Crippen molar-refractivity contribution in [1.29, 1.82) is 0 Å². The molecule has 0 aliphatic carbocycles. The SMILES string of the molecule is CCNC(=NCc1ccccc1CN(C)C)N(C)Cc1cccn1C.I. The van der Waals surface area contributed by atoms with Gasteiger partial charge in [-0.25, -0.2) is 4.99 Å². The number of nitrogens with zero attached hydrogens (tertiary/aromatic N) is 4. The average molecular weight is 469 g/mol. The van der Waals surface area contributed by atoms with Gasteiger partial charge >= 0.3 is 0 Å². The van der Waals surface area contributed by atoms with E-state index in [1.807, 2.05) is 0 Å². The van der Waals surface area contributed by atoms with Crippen molar-refractivity contribution in [2.45, 2.75) is 26.6 Å². The zero-order valence-corrected chi connectivity index (χ0v) is 18.9. The topological polar surface area (TPSA) is 35.8 Å². The van der Waals surface area contributed by atoms with E-state index in [0.717, 1.165) is 25.6 Å². The van der Waals surface area contributed by atoms with Gasteiger partial charge < -0.3 is 19.7 Å². The van der Waals surface area contributed by atoms with Crippen LogP contribution < -0.4 is 5.32 Å². The van der Waals surface area contributed by atoms with E-state index in [4.69, 9.17) is 4.99 Å². The van der Waals surface area contributed by atoms with Crippen molar-refractivity contribution < 1.29 is 0 Å². The molecule has 1 N–H and O–H groups in total. The van der Waals surface area contributed by atoms with Gasteiger partial charge in [0.1, 0.15) is 0 Å². The minimum absolute atomic E-state index is 0. The molecule has 1 aromatic heterocycles. The summed E-state index contributed by atoms with van der Waals surface area (Å²) in [6.45, 7) is 5.40. The van der Waals surface area contributed by atoms with Crippen LogP contribution in [0.15, 0.2) is 47.6 Å². The molecular weight excluding hydrogens is 437 g/mol. The van der Waals surface area contributed by atoms with Crippen LogP contribution >= 0.6 is 24.0 Å². The molecule has 0 radical (unpaired) electrons. The second kappa shape index (κ2) is 11.2. The fourth-order valence-electron chi connectivity index (χ4n) is 2.82. The van der Waals surface area contributed by atoms with Crippen LogP contribution in [0, 0.1) is 0 Å². The Hall–Kier alpha value is -1.54. The predicted molar refractivity (Wildman–Crippen MR) is 121 cm³/mol. The summed E-state index contributed by atoms with van der Waals surface area (Å²) in [4.78, 5) is 9.23. The highest BCUT2D eigenvalue weighted by Crippen LogP contribution is 2.12. The highest BCUT2D eigenvalue weighted by Gasteiger charge is 2.09. The molecule has 144 valence electrons. The second-order valence-electron chi connectivity index (χ2n) is 6.64. The third-order valence-electron chi connectivity index (χ3n) is 4.15. The van der Waals surface area contributed by atoms with Crippen molar-refractivity contribution in [1.82, 2.24) is 19.7 Å². The number of aromatic nitrogens is 1. The first-order chi connectivity index (χ1) is 12.0. The summed E-state index contributed by atoms with van der Waals surface area (Å²) in [5.41, 5.74) is 3.87. The van der Waals surface area contributed by atoms with Crippen LogP contribution in [0.25, 0.3) is 0 Å². The van der Waals surface area contributed by atoms with Gasteiger partial charge in [-0.3, -0.25) is 0 Å². The van der Waals surface area contributed by atoms with E-state index in [1.54, 1.807) is 0 Å². The lowest BCUT2D eigenvalue weighted by Crippen LogP contribution is -2.38. The molecule has 0 unspecified atom stereocenters. The molecule has 1 heterocycles.